The van der Waals surface area contributed by atoms with Crippen LogP contribution in [-0.2, 0) is 4.79 Å². The molecule has 4 bridgehead atoms. The van der Waals surface area contributed by atoms with Crippen LogP contribution < -0.4 is 10.2 Å². The summed E-state index contributed by atoms with van der Waals surface area (Å²) < 4.78 is 5.66. The van der Waals surface area contributed by atoms with Gasteiger partial charge in [-0.15, -0.1) is 0 Å². The molecule has 0 spiro atoms. The summed E-state index contributed by atoms with van der Waals surface area (Å²) in [6, 6.07) is 3.42. The zero-order chi connectivity index (χ0) is 17.6. The van der Waals surface area contributed by atoms with Crippen molar-refractivity contribution in [1.29, 1.82) is 0 Å². The van der Waals surface area contributed by atoms with Crippen LogP contribution in [-0.4, -0.2) is 24.3 Å². The van der Waals surface area contributed by atoms with Crippen molar-refractivity contribution in [3.8, 4) is 11.5 Å². The molecule has 0 aromatic heterocycles. The average molecular weight is 407 g/mol. The van der Waals surface area contributed by atoms with Gasteiger partial charge in [-0.1, -0.05) is 0 Å². The maximum atomic E-state index is 12.8. The van der Waals surface area contributed by atoms with Gasteiger partial charge in [-0.25, -0.2) is 5.43 Å². The Balaban J connectivity index is 1.46. The molecule has 0 unspecified atom stereocenters. The van der Waals surface area contributed by atoms with Crippen LogP contribution in [0.5, 0.6) is 11.5 Å². The van der Waals surface area contributed by atoms with Crippen molar-refractivity contribution in [2.75, 3.05) is 7.11 Å². The van der Waals surface area contributed by atoms with Gasteiger partial charge in [0.1, 0.15) is 0 Å². The van der Waals surface area contributed by atoms with E-state index in [0.717, 1.165) is 42.6 Å². The lowest BCUT2D eigenvalue weighted by Crippen LogP contribution is -2.52. The van der Waals surface area contributed by atoms with Gasteiger partial charge in [-0.3, -0.25) is 4.79 Å². The Morgan fingerprint density at radius 2 is 1.88 bits per heavy atom. The number of hydrazone groups is 1. The van der Waals surface area contributed by atoms with Crippen LogP contribution >= 0.6 is 15.9 Å². The lowest BCUT2D eigenvalue weighted by molar-refractivity contribution is -0.146. The Hall–Kier alpha value is -1.56. The highest BCUT2D eigenvalue weighted by Crippen LogP contribution is 2.60. The van der Waals surface area contributed by atoms with Crippen LogP contribution in [0.1, 0.15) is 44.1 Å². The number of nitrogens with zero attached hydrogens (tertiary/aromatic N) is 1. The number of nitrogens with one attached hydrogen (secondary N) is 1. The molecule has 5 nitrogen and oxygen atoms in total. The maximum absolute atomic E-state index is 12.8. The second-order valence-corrected chi connectivity index (χ2v) is 8.80. The fraction of sp³-hybridized carbons (Fsp3) is 0.579. The molecule has 4 fully saturated rings. The van der Waals surface area contributed by atoms with Crippen molar-refractivity contribution in [2.45, 2.75) is 38.5 Å². The third-order valence-electron chi connectivity index (χ3n) is 6.17. The highest BCUT2D eigenvalue weighted by atomic mass is 79.9. The van der Waals surface area contributed by atoms with Gasteiger partial charge in [0.15, 0.2) is 11.5 Å². The van der Waals surface area contributed by atoms with Crippen LogP contribution in [0.15, 0.2) is 21.7 Å². The molecular weight excluding hydrogens is 384 g/mol. The Labute approximate surface area is 156 Å². The number of benzene rings is 1. The van der Waals surface area contributed by atoms with Gasteiger partial charge in [-0.2, -0.15) is 5.10 Å². The molecule has 0 heterocycles. The van der Waals surface area contributed by atoms with Crippen molar-refractivity contribution < 1.29 is 14.6 Å². The van der Waals surface area contributed by atoms with Gasteiger partial charge in [0.2, 0.25) is 5.91 Å². The van der Waals surface area contributed by atoms with Crippen LogP contribution in [0, 0.1) is 23.2 Å². The predicted molar refractivity (Wildman–Crippen MR) is 98.7 cm³/mol. The first-order valence-electron chi connectivity index (χ1n) is 8.89. The second kappa shape index (κ2) is 6.31. The summed E-state index contributed by atoms with van der Waals surface area (Å²) in [5, 5.41) is 14.0. The predicted octanol–water partition coefficient (Wildman–Crippen LogP) is 3.83. The molecule has 4 aliphatic rings. The summed E-state index contributed by atoms with van der Waals surface area (Å²) in [5.74, 6) is 2.70. The van der Waals surface area contributed by atoms with E-state index in [2.05, 4.69) is 26.5 Å². The number of hydrogen-bond donors (Lipinski definition) is 2. The van der Waals surface area contributed by atoms with E-state index in [1.54, 1.807) is 18.3 Å². The molecular formula is C19H23BrN2O3. The normalized spacial score (nSPS) is 33.0. The number of ether oxygens (including phenoxy) is 1. The molecule has 25 heavy (non-hydrogen) atoms. The molecule has 134 valence electrons. The Morgan fingerprint density at radius 1 is 1.28 bits per heavy atom. The lowest BCUT2D eigenvalue weighted by Gasteiger charge is -2.55. The van der Waals surface area contributed by atoms with E-state index in [0.29, 0.717) is 10.2 Å². The monoisotopic (exact) mass is 406 g/mol. The zero-order valence-electron chi connectivity index (χ0n) is 14.3. The molecule has 6 heteroatoms. The minimum absolute atomic E-state index is 0.0530. The first kappa shape index (κ1) is 16.9. The number of carbonyl (C=O) groups is 1. The van der Waals surface area contributed by atoms with E-state index in [-0.39, 0.29) is 17.1 Å². The van der Waals surface area contributed by atoms with Crippen molar-refractivity contribution in [3.05, 3.63) is 22.2 Å². The largest absolute Gasteiger partial charge is 0.503 e. The summed E-state index contributed by atoms with van der Waals surface area (Å²) in [6.45, 7) is 0. The van der Waals surface area contributed by atoms with E-state index in [1.165, 1.54) is 26.4 Å². The van der Waals surface area contributed by atoms with Crippen LogP contribution in [0.2, 0.25) is 0 Å². The van der Waals surface area contributed by atoms with Gasteiger partial charge < -0.3 is 9.84 Å². The number of aromatic hydroxyl groups is 1. The Bertz CT molecular complexity index is 696. The fourth-order valence-electron chi connectivity index (χ4n) is 5.50. The van der Waals surface area contributed by atoms with E-state index in [1.807, 2.05) is 0 Å². The number of amides is 1. The minimum atomic E-state index is -0.195. The molecule has 5 rings (SSSR count). The summed E-state index contributed by atoms with van der Waals surface area (Å²) in [5.41, 5.74) is 3.32. The summed E-state index contributed by atoms with van der Waals surface area (Å²) >= 11 is 3.29. The number of carbonyl (C=O) groups excluding carboxylic acids is 1. The van der Waals surface area contributed by atoms with Crippen molar-refractivity contribution in [1.82, 2.24) is 5.43 Å². The Kier molecular flexibility index (Phi) is 4.26. The second-order valence-electron chi connectivity index (χ2n) is 7.95. The van der Waals surface area contributed by atoms with E-state index >= 15 is 0 Å². The SMILES string of the molecule is COc1cc(/C=N/NC(=O)C23CC4CC(CC(C4)C2)C3)cc(Br)c1O. The highest BCUT2D eigenvalue weighted by Gasteiger charge is 2.54. The van der Waals surface area contributed by atoms with Gasteiger partial charge in [0, 0.05) is 0 Å². The average Bonchev–Trinajstić information content (AvgIpc) is 2.56. The summed E-state index contributed by atoms with van der Waals surface area (Å²) in [4.78, 5) is 12.8. The summed E-state index contributed by atoms with van der Waals surface area (Å²) in [7, 11) is 1.50. The molecule has 0 radical (unpaired) electrons. The molecule has 0 aliphatic heterocycles. The molecule has 1 aromatic rings. The number of methoxy groups -OCH3 is 1. The van der Waals surface area contributed by atoms with E-state index in [9.17, 15) is 9.90 Å². The third kappa shape index (κ3) is 3.05. The number of halogens is 1. The van der Waals surface area contributed by atoms with Crippen LogP contribution in [0.3, 0.4) is 0 Å². The van der Waals surface area contributed by atoms with Gasteiger partial charge >= 0.3 is 0 Å². The third-order valence-corrected chi connectivity index (χ3v) is 6.77. The highest BCUT2D eigenvalue weighted by molar-refractivity contribution is 9.10. The van der Waals surface area contributed by atoms with E-state index < -0.39 is 0 Å². The summed E-state index contributed by atoms with van der Waals surface area (Å²) in [6.07, 6.45) is 8.62. The van der Waals surface area contributed by atoms with Crippen LogP contribution in [0.4, 0.5) is 0 Å². The van der Waals surface area contributed by atoms with Crippen molar-refractivity contribution in [3.63, 3.8) is 0 Å². The first-order chi connectivity index (χ1) is 12.0. The minimum Gasteiger partial charge on any atom is -0.503 e. The zero-order valence-corrected chi connectivity index (χ0v) is 15.9. The molecule has 2 N–H and O–H groups in total. The quantitative estimate of drug-likeness (QED) is 0.589. The van der Waals surface area contributed by atoms with Gasteiger partial charge in [-0.05, 0) is 89.9 Å². The van der Waals surface area contributed by atoms with Gasteiger partial charge in [0.25, 0.3) is 0 Å². The first-order valence-corrected chi connectivity index (χ1v) is 9.68. The van der Waals surface area contributed by atoms with Crippen molar-refractivity contribution >= 4 is 28.1 Å². The molecule has 0 atom stereocenters. The topological polar surface area (TPSA) is 70.9 Å². The van der Waals surface area contributed by atoms with Gasteiger partial charge in [0.05, 0.1) is 23.2 Å². The molecule has 0 saturated heterocycles. The number of phenolic OH excluding ortho intramolecular Hbond substituents is 1. The standard InChI is InChI=1S/C19H23BrN2O3/c1-25-16-6-14(5-15(20)17(16)23)10-21-22-18(24)19-7-11-2-12(8-19)4-13(3-11)9-19/h5-6,10-13,23H,2-4,7-9H2,1H3,(H,22,24)/b21-10+. The number of hydrogen-bond acceptors (Lipinski definition) is 4. The number of rotatable bonds is 4. The maximum Gasteiger partial charge on any atom is 0.246 e. The smallest absolute Gasteiger partial charge is 0.246 e. The van der Waals surface area contributed by atoms with Crippen LogP contribution in [0.25, 0.3) is 0 Å². The molecule has 1 aromatic carbocycles. The molecule has 4 aliphatic carbocycles. The van der Waals surface area contributed by atoms with Crippen molar-refractivity contribution in [2.24, 2.45) is 28.3 Å². The van der Waals surface area contributed by atoms with E-state index in [4.69, 9.17) is 4.74 Å². The Morgan fingerprint density at radius 3 is 2.44 bits per heavy atom. The fourth-order valence-corrected chi connectivity index (χ4v) is 5.96. The molecule has 1 amide bonds. The molecule has 4 saturated carbocycles. The lowest BCUT2D eigenvalue weighted by atomic mass is 9.49. The number of phenols is 1.